The first-order chi connectivity index (χ1) is 17.8. The summed E-state index contributed by atoms with van der Waals surface area (Å²) in [5.74, 6) is -0.938. The van der Waals surface area contributed by atoms with Crippen molar-refractivity contribution < 1.29 is 27.4 Å². The molecule has 0 saturated heterocycles. The fourth-order valence-electron chi connectivity index (χ4n) is 3.95. The van der Waals surface area contributed by atoms with Crippen LogP contribution in [0.5, 0.6) is 5.88 Å². The van der Waals surface area contributed by atoms with Gasteiger partial charge in [0.2, 0.25) is 12.0 Å². The third-order valence-electron chi connectivity index (χ3n) is 6.21. The number of ether oxygens (including phenoxy) is 2. The number of aryl methyl sites for hydroxylation is 1. The average Bonchev–Trinajstić information content (AvgIpc) is 2.88. The van der Waals surface area contributed by atoms with Gasteiger partial charge in [0.05, 0.1) is 5.69 Å². The van der Waals surface area contributed by atoms with Gasteiger partial charge in [-0.25, -0.2) is 0 Å². The first kappa shape index (κ1) is 30.6. The summed E-state index contributed by atoms with van der Waals surface area (Å²) in [6.45, 7) is 3.37. The highest BCUT2D eigenvalue weighted by atomic mass is 19.4. The van der Waals surface area contributed by atoms with E-state index in [0.29, 0.717) is 12.1 Å². The van der Waals surface area contributed by atoms with E-state index < -0.39 is 24.9 Å². The smallest absolute Gasteiger partial charge is 0.428 e. The number of rotatable bonds is 18. The number of halogens is 3. The van der Waals surface area contributed by atoms with E-state index in [0.717, 1.165) is 31.2 Å². The Kier molecular flexibility index (Phi) is 14.0. The Morgan fingerprint density at radius 1 is 0.811 bits per heavy atom. The predicted molar refractivity (Wildman–Crippen MR) is 139 cm³/mol. The van der Waals surface area contributed by atoms with Gasteiger partial charge in [-0.3, -0.25) is 4.79 Å². The molecule has 5 nitrogen and oxygen atoms in total. The van der Waals surface area contributed by atoms with Crippen LogP contribution in [0.25, 0.3) is 11.3 Å². The second kappa shape index (κ2) is 17.0. The summed E-state index contributed by atoms with van der Waals surface area (Å²) in [6.07, 6.45) is 6.02. The minimum atomic E-state index is -4.73. The molecule has 0 aliphatic carbocycles. The van der Waals surface area contributed by atoms with E-state index >= 15 is 0 Å². The lowest BCUT2D eigenvalue weighted by Gasteiger charge is -2.20. The Labute approximate surface area is 219 Å². The largest absolute Gasteiger partial charge is 0.472 e. The van der Waals surface area contributed by atoms with Gasteiger partial charge in [-0.1, -0.05) is 95.9 Å². The van der Waals surface area contributed by atoms with Gasteiger partial charge in [-0.05, 0) is 30.9 Å². The molecule has 37 heavy (non-hydrogen) atoms. The molecule has 0 saturated carbocycles. The summed E-state index contributed by atoms with van der Waals surface area (Å²) in [4.78, 5) is 11.8. The fraction of sp³-hybridized carbons (Fsp3) is 0.621. The quantitative estimate of drug-likeness (QED) is 0.146. The summed E-state index contributed by atoms with van der Waals surface area (Å²) in [6, 6.07) is 11.2. The Morgan fingerprint density at radius 3 is 2.03 bits per heavy atom. The third kappa shape index (κ3) is 12.4. The second-order valence-corrected chi connectivity index (χ2v) is 9.47. The zero-order chi connectivity index (χ0) is 26.9. The van der Waals surface area contributed by atoms with Gasteiger partial charge in [-0.15, -0.1) is 10.2 Å². The molecule has 1 aromatic carbocycles. The van der Waals surface area contributed by atoms with Crippen LogP contribution in [0.15, 0.2) is 36.4 Å². The van der Waals surface area contributed by atoms with Crippen LogP contribution in [0.3, 0.4) is 0 Å². The van der Waals surface area contributed by atoms with Crippen molar-refractivity contribution in [3.05, 3.63) is 42.0 Å². The lowest BCUT2D eigenvalue weighted by Crippen LogP contribution is -2.38. The van der Waals surface area contributed by atoms with Crippen molar-refractivity contribution in [2.75, 3.05) is 6.61 Å². The third-order valence-corrected chi connectivity index (χ3v) is 6.21. The lowest BCUT2D eigenvalue weighted by molar-refractivity contribution is -0.227. The predicted octanol–water partition coefficient (Wildman–Crippen LogP) is 8.26. The molecule has 206 valence electrons. The van der Waals surface area contributed by atoms with Gasteiger partial charge >= 0.3 is 12.1 Å². The van der Waals surface area contributed by atoms with Crippen LogP contribution >= 0.6 is 0 Å². The SMILES string of the molecule is CCCCCCCCCc1ccc(-c2ccc(OCC(OC(=O)CCCCCC)C(F)(F)F)nn2)cc1. The van der Waals surface area contributed by atoms with Crippen LogP contribution in [0.4, 0.5) is 13.2 Å². The molecule has 1 atom stereocenters. The summed E-state index contributed by atoms with van der Waals surface area (Å²) >= 11 is 0. The van der Waals surface area contributed by atoms with E-state index in [2.05, 4.69) is 34.0 Å². The molecule has 2 aromatic rings. The molecule has 1 aromatic heterocycles. The average molecular weight is 523 g/mol. The molecule has 0 N–H and O–H groups in total. The number of hydrogen-bond donors (Lipinski definition) is 0. The number of benzene rings is 1. The molecule has 0 aliphatic rings. The minimum absolute atomic E-state index is 0.0427. The first-order valence-electron chi connectivity index (χ1n) is 13.7. The molecule has 0 radical (unpaired) electrons. The molecule has 0 fully saturated rings. The molecule has 0 bridgehead atoms. The summed E-state index contributed by atoms with van der Waals surface area (Å²) in [5.41, 5.74) is 2.73. The topological polar surface area (TPSA) is 61.3 Å². The van der Waals surface area contributed by atoms with Crippen molar-refractivity contribution in [2.45, 2.75) is 110 Å². The highest BCUT2D eigenvalue weighted by Crippen LogP contribution is 2.25. The normalized spacial score (nSPS) is 12.4. The highest BCUT2D eigenvalue weighted by Gasteiger charge is 2.43. The van der Waals surface area contributed by atoms with Gasteiger partial charge in [0.25, 0.3) is 0 Å². The van der Waals surface area contributed by atoms with Gasteiger partial charge in [0, 0.05) is 18.1 Å². The van der Waals surface area contributed by atoms with Crippen molar-refractivity contribution in [3.8, 4) is 17.1 Å². The molecule has 2 rings (SSSR count). The van der Waals surface area contributed by atoms with Crippen molar-refractivity contribution in [1.29, 1.82) is 0 Å². The van der Waals surface area contributed by atoms with Gasteiger partial charge in [-0.2, -0.15) is 13.2 Å². The zero-order valence-electron chi connectivity index (χ0n) is 22.2. The van der Waals surface area contributed by atoms with E-state index in [9.17, 15) is 18.0 Å². The highest BCUT2D eigenvalue weighted by molar-refractivity contribution is 5.69. The van der Waals surface area contributed by atoms with Crippen molar-refractivity contribution in [3.63, 3.8) is 0 Å². The van der Waals surface area contributed by atoms with E-state index in [1.165, 1.54) is 56.6 Å². The number of carbonyl (C=O) groups excluding carboxylic acids is 1. The Balaban J connectivity index is 1.81. The standard InChI is InChI=1S/C29H41F3N2O3/c1-3-5-7-9-10-11-12-14-23-16-18-24(19-17-23)25-20-21-27(34-33-25)36-22-26(29(30,31)32)37-28(35)15-13-8-6-4-2/h16-21,26H,3-15,22H2,1-2H3. The van der Waals surface area contributed by atoms with E-state index in [1.54, 1.807) is 6.07 Å². The first-order valence-corrected chi connectivity index (χ1v) is 13.7. The van der Waals surface area contributed by atoms with Crippen molar-refractivity contribution >= 4 is 5.97 Å². The Morgan fingerprint density at radius 2 is 1.43 bits per heavy atom. The summed E-state index contributed by atoms with van der Waals surface area (Å²) in [7, 11) is 0. The minimum Gasteiger partial charge on any atom is -0.472 e. The molecule has 0 amide bonds. The molecular weight excluding hydrogens is 481 g/mol. The molecule has 1 unspecified atom stereocenters. The van der Waals surface area contributed by atoms with Crippen LogP contribution in [0, 0.1) is 0 Å². The second-order valence-electron chi connectivity index (χ2n) is 9.47. The molecule has 8 heteroatoms. The number of alkyl halides is 3. The summed E-state index contributed by atoms with van der Waals surface area (Å²) < 4.78 is 49.7. The molecule has 0 aliphatic heterocycles. The Bertz CT molecular complexity index is 887. The number of hydrogen-bond acceptors (Lipinski definition) is 5. The maximum Gasteiger partial charge on any atom is 0.428 e. The number of esters is 1. The number of carbonyl (C=O) groups is 1. The van der Waals surface area contributed by atoms with Crippen LogP contribution < -0.4 is 4.74 Å². The maximum absolute atomic E-state index is 13.3. The van der Waals surface area contributed by atoms with Crippen LogP contribution in [0.2, 0.25) is 0 Å². The summed E-state index contributed by atoms with van der Waals surface area (Å²) in [5, 5.41) is 7.98. The molecule has 1 heterocycles. The van der Waals surface area contributed by atoms with Crippen LogP contribution in [-0.4, -0.2) is 35.1 Å². The van der Waals surface area contributed by atoms with Gasteiger partial charge < -0.3 is 9.47 Å². The number of unbranched alkanes of at least 4 members (excludes halogenated alkanes) is 9. The monoisotopic (exact) mass is 522 g/mol. The number of aromatic nitrogens is 2. The van der Waals surface area contributed by atoms with Gasteiger partial charge in [0.1, 0.15) is 6.61 Å². The lowest BCUT2D eigenvalue weighted by atomic mass is 10.0. The fourth-order valence-corrected chi connectivity index (χ4v) is 3.95. The maximum atomic E-state index is 13.3. The number of nitrogens with zero attached hydrogens (tertiary/aromatic N) is 2. The van der Waals surface area contributed by atoms with Crippen LogP contribution in [-0.2, 0) is 16.0 Å². The van der Waals surface area contributed by atoms with Crippen LogP contribution in [0.1, 0.15) is 96.5 Å². The zero-order valence-corrected chi connectivity index (χ0v) is 22.2. The van der Waals surface area contributed by atoms with E-state index in [-0.39, 0.29) is 12.3 Å². The van der Waals surface area contributed by atoms with Crippen molar-refractivity contribution in [1.82, 2.24) is 10.2 Å². The van der Waals surface area contributed by atoms with E-state index in [1.807, 2.05) is 19.1 Å². The van der Waals surface area contributed by atoms with Gasteiger partial charge in [0.15, 0.2) is 0 Å². The molecule has 0 spiro atoms. The molecular formula is C29H41F3N2O3. The van der Waals surface area contributed by atoms with Crippen molar-refractivity contribution in [2.24, 2.45) is 0 Å². The Hall–Kier alpha value is -2.64. The van der Waals surface area contributed by atoms with E-state index in [4.69, 9.17) is 4.74 Å².